The van der Waals surface area contributed by atoms with Crippen molar-refractivity contribution in [1.29, 1.82) is 0 Å². The number of hydrogen-bond acceptors (Lipinski definition) is 4. The van der Waals surface area contributed by atoms with Gasteiger partial charge in [-0.3, -0.25) is 4.79 Å². The summed E-state index contributed by atoms with van der Waals surface area (Å²) in [5.74, 6) is 0.184. The average Bonchev–Trinajstić information content (AvgIpc) is 3.08. The second-order valence-electron chi connectivity index (χ2n) is 5.55. The molecule has 0 amide bonds. The van der Waals surface area contributed by atoms with E-state index >= 15 is 0 Å². The van der Waals surface area contributed by atoms with E-state index in [2.05, 4.69) is 18.2 Å². The SMILES string of the molecule is COc1cc(C(=O)/C=C/c2ccc(Cc3ccccc3)s2)ccc1O. The van der Waals surface area contributed by atoms with E-state index in [1.54, 1.807) is 23.5 Å². The maximum Gasteiger partial charge on any atom is 0.186 e. The second kappa shape index (κ2) is 7.81. The summed E-state index contributed by atoms with van der Waals surface area (Å²) >= 11 is 1.67. The van der Waals surface area contributed by atoms with Crippen molar-refractivity contribution >= 4 is 23.2 Å². The fraction of sp³-hybridized carbons (Fsp3) is 0.0952. The topological polar surface area (TPSA) is 46.5 Å². The first-order valence-corrected chi connectivity index (χ1v) is 8.69. The van der Waals surface area contributed by atoms with E-state index in [-0.39, 0.29) is 11.5 Å². The lowest BCUT2D eigenvalue weighted by Crippen LogP contribution is -1.95. The first-order valence-electron chi connectivity index (χ1n) is 7.88. The molecule has 0 fully saturated rings. The molecule has 0 unspecified atom stereocenters. The number of methoxy groups -OCH3 is 1. The monoisotopic (exact) mass is 350 g/mol. The largest absolute Gasteiger partial charge is 0.504 e. The molecule has 0 radical (unpaired) electrons. The lowest BCUT2D eigenvalue weighted by Gasteiger charge is -2.04. The Morgan fingerprint density at radius 1 is 1.12 bits per heavy atom. The highest BCUT2D eigenvalue weighted by Crippen LogP contribution is 2.27. The lowest BCUT2D eigenvalue weighted by atomic mass is 10.1. The van der Waals surface area contributed by atoms with Gasteiger partial charge in [0.1, 0.15) is 0 Å². The third kappa shape index (κ3) is 4.37. The minimum atomic E-state index is -0.128. The molecule has 0 atom stereocenters. The van der Waals surface area contributed by atoms with Gasteiger partial charge >= 0.3 is 0 Å². The molecule has 3 rings (SSSR count). The highest BCUT2D eigenvalue weighted by atomic mass is 32.1. The van der Waals surface area contributed by atoms with Crippen LogP contribution in [0.5, 0.6) is 11.5 Å². The molecule has 0 saturated carbocycles. The van der Waals surface area contributed by atoms with Crippen LogP contribution in [0.2, 0.25) is 0 Å². The van der Waals surface area contributed by atoms with Crippen molar-refractivity contribution in [2.45, 2.75) is 6.42 Å². The van der Waals surface area contributed by atoms with Crippen LogP contribution in [-0.2, 0) is 6.42 Å². The summed E-state index contributed by atoms with van der Waals surface area (Å²) in [5, 5.41) is 9.60. The molecule has 0 bridgehead atoms. The number of allylic oxidation sites excluding steroid dienone is 1. The summed E-state index contributed by atoms with van der Waals surface area (Å²) in [6, 6.07) is 19.0. The fourth-order valence-corrected chi connectivity index (χ4v) is 3.41. The van der Waals surface area contributed by atoms with Crippen molar-refractivity contribution < 1.29 is 14.6 Å². The number of benzene rings is 2. The van der Waals surface area contributed by atoms with Crippen molar-refractivity contribution in [3.8, 4) is 11.5 Å². The number of ether oxygens (including phenoxy) is 1. The zero-order valence-corrected chi connectivity index (χ0v) is 14.6. The Morgan fingerprint density at radius 3 is 2.68 bits per heavy atom. The van der Waals surface area contributed by atoms with Crippen molar-refractivity contribution in [1.82, 2.24) is 0 Å². The van der Waals surface area contributed by atoms with Crippen LogP contribution < -0.4 is 4.74 Å². The van der Waals surface area contributed by atoms with Crippen LogP contribution in [0.4, 0.5) is 0 Å². The lowest BCUT2D eigenvalue weighted by molar-refractivity contribution is 0.104. The number of carbonyl (C=O) groups is 1. The van der Waals surface area contributed by atoms with Gasteiger partial charge in [0.2, 0.25) is 0 Å². The molecule has 0 aliphatic heterocycles. The molecule has 3 nitrogen and oxygen atoms in total. The normalized spacial score (nSPS) is 10.9. The number of phenolic OH excluding ortho intramolecular Hbond substituents is 1. The predicted molar refractivity (Wildman–Crippen MR) is 102 cm³/mol. The second-order valence-corrected chi connectivity index (χ2v) is 6.75. The van der Waals surface area contributed by atoms with Crippen LogP contribution in [0.3, 0.4) is 0 Å². The maximum atomic E-state index is 12.3. The van der Waals surface area contributed by atoms with Crippen molar-refractivity contribution in [3.05, 3.63) is 87.6 Å². The van der Waals surface area contributed by atoms with Gasteiger partial charge in [-0.05, 0) is 48.0 Å². The molecule has 1 heterocycles. The van der Waals surface area contributed by atoms with Crippen LogP contribution in [0.25, 0.3) is 6.08 Å². The number of phenols is 1. The van der Waals surface area contributed by atoms with Gasteiger partial charge in [0.05, 0.1) is 7.11 Å². The minimum Gasteiger partial charge on any atom is -0.504 e. The van der Waals surface area contributed by atoms with Crippen LogP contribution in [0, 0.1) is 0 Å². The zero-order valence-electron chi connectivity index (χ0n) is 13.8. The molecule has 0 aliphatic rings. The Kier molecular flexibility index (Phi) is 5.31. The molecule has 1 N–H and O–H groups in total. The van der Waals surface area contributed by atoms with Crippen LogP contribution in [-0.4, -0.2) is 18.0 Å². The van der Waals surface area contributed by atoms with Gasteiger partial charge in [0.15, 0.2) is 17.3 Å². The van der Waals surface area contributed by atoms with Crippen molar-refractivity contribution in [3.63, 3.8) is 0 Å². The van der Waals surface area contributed by atoms with E-state index < -0.39 is 0 Å². The summed E-state index contributed by atoms with van der Waals surface area (Å²) in [4.78, 5) is 14.6. The minimum absolute atomic E-state index is 0.0202. The highest BCUT2D eigenvalue weighted by molar-refractivity contribution is 7.12. The molecule has 25 heavy (non-hydrogen) atoms. The quantitative estimate of drug-likeness (QED) is 0.505. The van der Waals surface area contributed by atoms with E-state index in [0.717, 1.165) is 11.3 Å². The molecule has 2 aromatic carbocycles. The zero-order chi connectivity index (χ0) is 17.6. The Labute approximate surface area is 150 Å². The Bertz CT molecular complexity index is 895. The highest BCUT2D eigenvalue weighted by Gasteiger charge is 2.07. The smallest absolute Gasteiger partial charge is 0.186 e. The van der Waals surface area contributed by atoms with E-state index in [1.807, 2.05) is 30.3 Å². The molecule has 1 aromatic heterocycles. The summed E-state index contributed by atoms with van der Waals surface area (Å²) in [6.45, 7) is 0. The fourth-order valence-electron chi connectivity index (χ4n) is 2.46. The number of carbonyl (C=O) groups excluding carboxylic acids is 1. The summed E-state index contributed by atoms with van der Waals surface area (Å²) in [6.07, 6.45) is 4.26. The van der Waals surface area contributed by atoms with E-state index in [0.29, 0.717) is 11.3 Å². The standard InChI is InChI=1S/C21H18O3S/c1-24-21-14-16(7-11-20(21)23)19(22)12-10-17-8-9-18(25-17)13-15-5-3-2-4-6-15/h2-12,14,23H,13H2,1H3/b12-10+. The summed E-state index contributed by atoms with van der Waals surface area (Å²) in [7, 11) is 1.46. The van der Waals surface area contributed by atoms with Crippen molar-refractivity contribution in [2.24, 2.45) is 0 Å². The first-order chi connectivity index (χ1) is 12.2. The van der Waals surface area contributed by atoms with E-state index in [4.69, 9.17) is 4.74 Å². The Balaban J connectivity index is 1.69. The van der Waals surface area contributed by atoms with Crippen LogP contribution in [0.15, 0.2) is 66.7 Å². The molecular formula is C21H18O3S. The summed E-state index contributed by atoms with van der Waals surface area (Å²) < 4.78 is 5.03. The summed E-state index contributed by atoms with van der Waals surface area (Å²) in [5.41, 5.74) is 1.75. The van der Waals surface area contributed by atoms with E-state index in [9.17, 15) is 9.90 Å². The molecule has 0 aliphatic carbocycles. The number of aromatic hydroxyl groups is 1. The first kappa shape index (κ1) is 17.0. The van der Waals surface area contributed by atoms with Gasteiger partial charge in [-0.2, -0.15) is 0 Å². The molecule has 0 saturated heterocycles. The third-order valence-electron chi connectivity index (χ3n) is 3.77. The Morgan fingerprint density at radius 2 is 1.92 bits per heavy atom. The number of hydrogen-bond donors (Lipinski definition) is 1. The maximum absolute atomic E-state index is 12.3. The Hall–Kier alpha value is -2.85. The van der Waals surface area contributed by atoms with Gasteiger partial charge in [0, 0.05) is 21.7 Å². The molecule has 4 heteroatoms. The number of thiophene rings is 1. The molecular weight excluding hydrogens is 332 g/mol. The number of ketones is 1. The van der Waals surface area contributed by atoms with E-state index in [1.165, 1.54) is 29.7 Å². The van der Waals surface area contributed by atoms with Gasteiger partial charge < -0.3 is 9.84 Å². The third-order valence-corrected chi connectivity index (χ3v) is 4.82. The van der Waals surface area contributed by atoms with Gasteiger partial charge in [0.25, 0.3) is 0 Å². The van der Waals surface area contributed by atoms with Crippen LogP contribution in [0.1, 0.15) is 25.7 Å². The molecule has 0 spiro atoms. The molecule has 126 valence electrons. The van der Waals surface area contributed by atoms with Gasteiger partial charge in [-0.25, -0.2) is 0 Å². The van der Waals surface area contributed by atoms with Gasteiger partial charge in [-0.1, -0.05) is 30.3 Å². The number of rotatable bonds is 6. The van der Waals surface area contributed by atoms with Crippen molar-refractivity contribution in [2.75, 3.05) is 7.11 Å². The average molecular weight is 350 g/mol. The van der Waals surface area contributed by atoms with Gasteiger partial charge in [-0.15, -0.1) is 11.3 Å². The molecule has 3 aromatic rings. The van der Waals surface area contributed by atoms with Crippen LogP contribution >= 0.6 is 11.3 Å². The predicted octanol–water partition coefficient (Wildman–Crippen LogP) is 4.95.